The Morgan fingerprint density at radius 3 is 2.29 bits per heavy atom. The van der Waals surface area contributed by atoms with E-state index in [0.717, 1.165) is 17.8 Å². The standard InChI is InChI=1S/C15H14F3NO4S/c1-10-2-5-12(6-3-10)24(21,22)23-9-13(20)11-4-7-14(19-8-11)15(16,17)18/h2-8,13,20H,9H2,1H3/t13-/m1/s1. The van der Waals surface area contributed by atoms with E-state index >= 15 is 0 Å². The lowest BCUT2D eigenvalue weighted by molar-refractivity contribution is -0.141. The van der Waals surface area contributed by atoms with E-state index in [9.17, 15) is 26.7 Å². The minimum Gasteiger partial charge on any atom is -0.386 e. The molecule has 0 saturated carbocycles. The molecule has 130 valence electrons. The molecule has 0 bridgehead atoms. The number of halogens is 3. The molecule has 0 aliphatic rings. The molecule has 1 N–H and O–H groups in total. The highest BCUT2D eigenvalue weighted by atomic mass is 32.2. The molecule has 0 aliphatic carbocycles. The highest BCUT2D eigenvalue weighted by Crippen LogP contribution is 2.28. The maximum Gasteiger partial charge on any atom is 0.433 e. The van der Waals surface area contributed by atoms with Gasteiger partial charge >= 0.3 is 6.18 Å². The summed E-state index contributed by atoms with van der Waals surface area (Å²) in [5.74, 6) is 0. The van der Waals surface area contributed by atoms with Crippen molar-refractivity contribution < 1.29 is 30.9 Å². The van der Waals surface area contributed by atoms with Crippen molar-refractivity contribution in [2.45, 2.75) is 24.1 Å². The number of aliphatic hydroxyl groups excluding tert-OH is 1. The molecule has 1 atom stereocenters. The van der Waals surface area contributed by atoms with Gasteiger partial charge in [0.25, 0.3) is 10.1 Å². The topological polar surface area (TPSA) is 76.5 Å². The zero-order valence-electron chi connectivity index (χ0n) is 12.5. The predicted octanol–water partition coefficient (Wildman–Crippen LogP) is 2.85. The number of aryl methyl sites for hydroxylation is 1. The van der Waals surface area contributed by atoms with Crippen LogP contribution in [0.1, 0.15) is 22.9 Å². The summed E-state index contributed by atoms with van der Waals surface area (Å²) in [6, 6.07) is 7.61. The van der Waals surface area contributed by atoms with E-state index in [0.29, 0.717) is 6.07 Å². The number of hydrogen-bond donors (Lipinski definition) is 1. The van der Waals surface area contributed by atoms with Crippen molar-refractivity contribution in [3.63, 3.8) is 0 Å². The van der Waals surface area contributed by atoms with Crippen LogP contribution in [-0.2, 0) is 20.5 Å². The van der Waals surface area contributed by atoms with Gasteiger partial charge in [0.1, 0.15) is 11.8 Å². The van der Waals surface area contributed by atoms with Crippen LogP contribution in [0.5, 0.6) is 0 Å². The van der Waals surface area contributed by atoms with Gasteiger partial charge in [0, 0.05) is 11.8 Å². The third-order valence-electron chi connectivity index (χ3n) is 3.15. The van der Waals surface area contributed by atoms with Gasteiger partial charge in [-0.1, -0.05) is 23.8 Å². The summed E-state index contributed by atoms with van der Waals surface area (Å²) in [5.41, 5.74) is -0.224. The fraction of sp³-hybridized carbons (Fsp3) is 0.267. The van der Waals surface area contributed by atoms with Gasteiger partial charge in [0.05, 0.1) is 11.5 Å². The number of rotatable bonds is 5. The van der Waals surface area contributed by atoms with Crippen molar-refractivity contribution in [1.82, 2.24) is 4.98 Å². The second-order valence-electron chi connectivity index (χ2n) is 5.04. The monoisotopic (exact) mass is 361 g/mol. The smallest absolute Gasteiger partial charge is 0.386 e. The molecule has 1 aromatic carbocycles. The van der Waals surface area contributed by atoms with Gasteiger partial charge in [-0.3, -0.25) is 9.17 Å². The van der Waals surface area contributed by atoms with Crippen molar-refractivity contribution >= 4 is 10.1 Å². The Bertz CT molecular complexity index is 787. The highest BCUT2D eigenvalue weighted by Gasteiger charge is 2.32. The van der Waals surface area contributed by atoms with Crippen LogP contribution in [0.3, 0.4) is 0 Å². The van der Waals surface area contributed by atoms with Crippen molar-refractivity contribution in [2.75, 3.05) is 6.61 Å². The molecule has 0 aliphatic heterocycles. The number of alkyl halides is 3. The molecule has 0 fully saturated rings. The van der Waals surface area contributed by atoms with Gasteiger partial charge in [-0.05, 0) is 25.1 Å². The van der Waals surface area contributed by atoms with Crippen molar-refractivity contribution in [3.8, 4) is 0 Å². The van der Waals surface area contributed by atoms with E-state index in [1.54, 1.807) is 19.1 Å². The van der Waals surface area contributed by atoms with Crippen LogP contribution in [0.25, 0.3) is 0 Å². The maximum absolute atomic E-state index is 12.4. The Morgan fingerprint density at radius 2 is 1.79 bits per heavy atom. The molecule has 1 aromatic heterocycles. The molecular formula is C15H14F3NO4S. The van der Waals surface area contributed by atoms with E-state index in [4.69, 9.17) is 4.18 Å². The van der Waals surface area contributed by atoms with E-state index in [1.807, 2.05) is 0 Å². The van der Waals surface area contributed by atoms with Gasteiger partial charge in [0.2, 0.25) is 0 Å². The third kappa shape index (κ3) is 4.53. The summed E-state index contributed by atoms with van der Waals surface area (Å²) in [7, 11) is -4.07. The number of nitrogens with zero attached hydrogens (tertiary/aromatic N) is 1. The fourth-order valence-corrected chi connectivity index (χ4v) is 2.71. The molecule has 2 rings (SSSR count). The van der Waals surface area contributed by atoms with E-state index < -0.39 is 34.7 Å². The molecule has 0 spiro atoms. The molecule has 0 radical (unpaired) electrons. The average molecular weight is 361 g/mol. The van der Waals surface area contributed by atoms with Crippen LogP contribution < -0.4 is 0 Å². The summed E-state index contributed by atoms with van der Waals surface area (Å²) >= 11 is 0. The van der Waals surface area contributed by atoms with Gasteiger partial charge < -0.3 is 5.11 Å². The molecule has 9 heteroatoms. The van der Waals surface area contributed by atoms with E-state index in [-0.39, 0.29) is 10.5 Å². The second-order valence-corrected chi connectivity index (χ2v) is 6.66. The summed E-state index contributed by atoms with van der Waals surface area (Å²) in [6.07, 6.45) is -5.19. The Hall–Kier alpha value is -1.97. The van der Waals surface area contributed by atoms with Crippen LogP contribution >= 0.6 is 0 Å². The van der Waals surface area contributed by atoms with E-state index in [2.05, 4.69) is 4.98 Å². The predicted molar refractivity (Wildman–Crippen MR) is 78.5 cm³/mol. The molecule has 5 nitrogen and oxygen atoms in total. The second kappa shape index (κ2) is 6.88. The summed E-state index contributed by atoms with van der Waals surface area (Å²) in [5, 5.41) is 9.86. The number of aromatic nitrogens is 1. The minimum absolute atomic E-state index is 0.0158. The molecule has 0 amide bonds. The first-order chi connectivity index (χ1) is 11.1. The highest BCUT2D eigenvalue weighted by molar-refractivity contribution is 7.86. The average Bonchev–Trinajstić information content (AvgIpc) is 2.52. The maximum atomic E-state index is 12.4. The largest absolute Gasteiger partial charge is 0.433 e. The summed E-state index contributed by atoms with van der Waals surface area (Å²) in [6.45, 7) is 1.15. The lowest BCUT2D eigenvalue weighted by atomic mass is 10.1. The number of pyridine rings is 1. The minimum atomic E-state index is -4.59. The number of aliphatic hydroxyl groups is 1. The summed E-state index contributed by atoms with van der Waals surface area (Å²) in [4.78, 5) is 3.12. The Labute approximate surface area is 136 Å². The molecule has 0 saturated heterocycles. The fourth-order valence-electron chi connectivity index (χ4n) is 1.79. The molecule has 0 unspecified atom stereocenters. The SMILES string of the molecule is Cc1ccc(S(=O)(=O)OC[C@@H](O)c2ccc(C(F)(F)F)nc2)cc1. The first-order valence-corrected chi connectivity index (χ1v) is 8.18. The molecule has 1 heterocycles. The van der Waals surface area contributed by atoms with Crippen molar-refractivity contribution in [1.29, 1.82) is 0 Å². The Kier molecular flexibility index (Phi) is 5.26. The Balaban J connectivity index is 2.04. The number of hydrogen-bond acceptors (Lipinski definition) is 5. The first-order valence-electron chi connectivity index (χ1n) is 6.77. The van der Waals surface area contributed by atoms with Crippen molar-refractivity contribution in [2.24, 2.45) is 0 Å². The van der Waals surface area contributed by atoms with Crippen LogP contribution in [-0.4, -0.2) is 25.1 Å². The van der Waals surface area contributed by atoms with E-state index in [1.165, 1.54) is 12.1 Å². The lowest BCUT2D eigenvalue weighted by Crippen LogP contribution is -2.14. The lowest BCUT2D eigenvalue weighted by Gasteiger charge is -2.12. The van der Waals surface area contributed by atoms with Crippen LogP contribution in [0.2, 0.25) is 0 Å². The summed E-state index contributed by atoms with van der Waals surface area (Å²) < 4.78 is 65.9. The van der Waals surface area contributed by atoms with Crippen LogP contribution in [0, 0.1) is 6.92 Å². The van der Waals surface area contributed by atoms with Crippen LogP contribution in [0.15, 0.2) is 47.5 Å². The molecule has 24 heavy (non-hydrogen) atoms. The third-order valence-corrected chi connectivity index (χ3v) is 4.45. The van der Waals surface area contributed by atoms with Gasteiger partial charge in [-0.15, -0.1) is 0 Å². The first kappa shape index (κ1) is 18.4. The van der Waals surface area contributed by atoms with Gasteiger partial charge in [-0.25, -0.2) is 0 Å². The van der Waals surface area contributed by atoms with Gasteiger partial charge in [-0.2, -0.15) is 21.6 Å². The normalized spacial score (nSPS) is 13.7. The van der Waals surface area contributed by atoms with Crippen LogP contribution in [0.4, 0.5) is 13.2 Å². The zero-order valence-corrected chi connectivity index (χ0v) is 13.3. The Morgan fingerprint density at radius 1 is 1.17 bits per heavy atom. The van der Waals surface area contributed by atoms with Gasteiger partial charge in [0.15, 0.2) is 0 Å². The van der Waals surface area contributed by atoms with Crippen molar-refractivity contribution in [3.05, 3.63) is 59.4 Å². The molecule has 2 aromatic rings. The quantitative estimate of drug-likeness (QED) is 0.829. The number of benzene rings is 1. The zero-order chi connectivity index (χ0) is 18.0. The molecular weight excluding hydrogens is 347 g/mol.